The first-order valence-corrected chi connectivity index (χ1v) is 8.08. The fourth-order valence-electron chi connectivity index (χ4n) is 2.27. The summed E-state index contributed by atoms with van der Waals surface area (Å²) in [4.78, 5) is 12.4. The van der Waals surface area contributed by atoms with Crippen LogP contribution in [-0.4, -0.2) is 29.9 Å². The summed E-state index contributed by atoms with van der Waals surface area (Å²) in [5.41, 5.74) is 9.40. The first kappa shape index (κ1) is 19.4. The molecule has 2 heterocycles. The highest BCUT2D eigenvalue weighted by atomic mass is 35.5. The number of nitrogens with one attached hydrogen (secondary N) is 2. The minimum absolute atomic E-state index is 0.0753. The summed E-state index contributed by atoms with van der Waals surface area (Å²) < 4.78 is 40.4. The summed E-state index contributed by atoms with van der Waals surface area (Å²) in [6.07, 6.45) is -0.549. The van der Waals surface area contributed by atoms with Gasteiger partial charge >= 0.3 is 6.36 Å². The minimum Gasteiger partial charge on any atom is -0.406 e. The van der Waals surface area contributed by atoms with Crippen molar-refractivity contribution in [1.82, 2.24) is 15.7 Å². The van der Waals surface area contributed by atoms with Crippen LogP contribution in [0.25, 0.3) is 0 Å². The van der Waals surface area contributed by atoms with Gasteiger partial charge in [0.1, 0.15) is 10.9 Å². The van der Waals surface area contributed by atoms with Crippen LogP contribution in [0.5, 0.6) is 5.75 Å². The van der Waals surface area contributed by atoms with Crippen molar-refractivity contribution in [2.45, 2.75) is 12.1 Å². The van der Waals surface area contributed by atoms with E-state index in [4.69, 9.17) is 17.3 Å². The molecule has 0 radical (unpaired) electrons. The summed E-state index contributed by atoms with van der Waals surface area (Å²) in [7, 11) is 0. The molecule has 1 aromatic heterocycles. The lowest BCUT2D eigenvalue weighted by atomic mass is 10.1. The molecule has 0 bridgehead atoms. The molecule has 4 N–H and O–H groups in total. The Morgan fingerprint density at radius 3 is 2.64 bits per heavy atom. The molecule has 1 aliphatic rings. The average molecular weight is 412 g/mol. The number of benzene rings is 1. The average Bonchev–Trinajstić information content (AvgIpc) is 2.62. The lowest BCUT2D eigenvalue weighted by molar-refractivity contribution is -0.274. The van der Waals surface area contributed by atoms with Crippen molar-refractivity contribution >= 4 is 30.1 Å². The topological polar surface area (TPSA) is 109 Å². The highest BCUT2D eigenvalue weighted by Gasteiger charge is 2.35. The minimum atomic E-state index is -4.75. The lowest BCUT2D eigenvalue weighted by Gasteiger charge is -2.28. The van der Waals surface area contributed by atoms with Crippen LogP contribution in [0.3, 0.4) is 0 Å². The van der Waals surface area contributed by atoms with Crippen molar-refractivity contribution in [3.8, 4) is 5.75 Å². The molecule has 0 spiro atoms. The molecule has 1 unspecified atom stereocenters. The molecule has 146 valence electrons. The second-order valence-electron chi connectivity index (χ2n) is 5.40. The number of hydrogen-bond donors (Lipinski definition) is 3. The summed E-state index contributed by atoms with van der Waals surface area (Å²) in [6, 6.07) is 8.44. The number of pyridine rings is 1. The number of alkyl halides is 3. The summed E-state index contributed by atoms with van der Waals surface area (Å²) in [5.74, 6) is -1.71. The molecule has 0 aliphatic carbocycles. The van der Waals surface area contributed by atoms with Crippen LogP contribution in [0.15, 0.2) is 57.7 Å². The summed E-state index contributed by atoms with van der Waals surface area (Å²) >= 11 is 6.15. The van der Waals surface area contributed by atoms with Crippen LogP contribution in [0.4, 0.5) is 13.2 Å². The van der Waals surface area contributed by atoms with E-state index in [2.05, 4.69) is 35.5 Å². The Morgan fingerprint density at radius 2 is 2.00 bits per heavy atom. The number of ether oxygens (including phenoxy) is 1. The van der Waals surface area contributed by atoms with Crippen molar-refractivity contribution in [2.75, 3.05) is 0 Å². The number of aliphatic imine (C=N–C) groups is 2. The molecular weight excluding hydrogens is 399 g/mol. The second kappa shape index (κ2) is 7.72. The van der Waals surface area contributed by atoms with Gasteiger partial charge in [-0.15, -0.1) is 13.2 Å². The Morgan fingerprint density at radius 1 is 1.25 bits per heavy atom. The van der Waals surface area contributed by atoms with Gasteiger partial charge in [-0.3, -0.25) is 5.43 Å². The van der Waals surface area contributed by atoms with Gasteiger partial charge in [-0.2, -0.15) is 10.1 Å². The van der Waals surface area contributed by atoms with E-state index in [1.165, 1.54) is 43.0 Å². The van der Waals surface area contributed by atoms with Gasteiger partial charge in [-0.05, 0) is 42.0 Å². The van der Waals surface area contributed by atoms with Crippen molar-refractivity contribution in [3.05, 3.63) is 58.9 Å². The maximum atomic E-state index is 12.2. The van der Waals surface area contributed by atoms with E-state index >= 15 is 0 Å². The Bertz CT molecular complexity index is 931. The van der Waals surface area contributed by atoms with Crippen molar-refractivity contribution in [2.24, 2.45) is 20.8 Å². The fourth-order valence-corrected chi connectivity index (χ4v) is 2.52. The zero-order valence-corrected chi connectivity index (χ0v) is 14.7. The Labute approximate surface area is 162 Å². The number of hydrogen-bond acceptors (Lipinski definition) is 8. The first-order chi connectivity index (χ1) is 13.3. The van der Waals surface area contributed by atoms with E-state index in [0.717, 1.165) is 0 Å². The molecule has 0 amide bonds. The number of halogens is 4. The predicted molar refractivity (Wildman–Crippen MR) is 98.0 cm³/mol. The Balaban J connectivity index is 1.81. The number of hydrazone groups is 1. The molecule has 0 fully saturated rings. The molecule has 1 aromatic carbocycles. The predicted octanol–water partition coefficient (Wildman–Crippen LogP) is 2.31. The number of nitrogens with two attached hydrogens (primary N) is 1. The van der Waals surface area contributed by atoms with Gasteiger partial charge in [-0.25, -0.2) is 9.98 Å². The van der Waals surface area contributed by atoms with E-state index in [1.54, 1.807) is 12.1 Å². The summed E-state index contributed by atoms with van der Waals surface area (Å²) in [5, 5.41) is 6.85. The maximum Gasteiger partial charge on any atom is 0.573 e. The smallest absolute Gasteiger partial charge is 0.406 e. The molecule has 28 heavy (non-hydrogen) atoms. The molecule has 1 atom stereocenters. The quantitative estimate of drug-likeness (QED) is 0.397. The highest BCUT2D eigenvalue weighted by Crippen LogP contribution is 2.30. The van der Waals surface area contributed by atoms with E-state index < -0.39 is 12.1 Å². The second-order valence-corrected chi connectivity index (χ2v) is 5.76. The fraction of sp³-hybridized carbons (Fsp3) is 0.125. The molecular formula is C16H13ClF3N7O. The molecule has 0 saturated carbocycles. The number of aromatic nitrogens is 1. The van der Waals surface area contributed by atoms with Gasteiger partial charge < -0.3 is 15.8 Å². The van der Waals surface area contributed by atoms with Crippen LogP contribution in [0, 0.1) is 0 Å². The van der Waals surface area contributed by atoms with Crippen LogP contribution < -0.4 is 21.2 Å². The van der Waals surface area contributed by atoms with Crippen molar-refractivity contribution in [1.29, 1.82) is 0 Å². The molecule has 12 heteroatoms. The third-order valence-electron chi connectivity index (χ3n) is 3.43. The van der Waals surface area contributed by atoms with Gasteiger partial charge in [-0.1, -0.05) is 11.6 Å². The number of rotatable bonds is 5. The Hall–Kier alpha value is -3.34. The lowest BCUT2D eigenvalue weighted by Crippen LogP contribution is -2.46. The van der Waals surface area contributed by atoms with Crippen molar-refractivity contribution in [3.63, 3.8) is 0 Å². The highest BCUT2D eigenvalue weighted by molar-refractivity contribution is 6.30. The zero-order valence-electron chi connectivity index (χ0n) is 14.0. The standard InChI is InChI=1S/C16H13ClF3N7O/c17-13-12(2-1-7-22-13)15(24-9-23-14(21)26-15)27-25-8-10-3-5-11(6-4-10)28-16(18,19)20/h1-9,27H,(H3,21,23,24,26). The normalized spacial score (nSPS) is 19.2. The Kier molecular flexibility index (Phi) is 5.36. The largest absolute Gasteiger partial charge is 0.573 e. The van der Waals surface area contributed by atoms with Crippen LogP contribution >= 0.6 is 11.6 Å². The van der Waals surface area contributed by atoms with Gasteiger partial charge in [0.25, 0.3) is 5.79 Å². The van der Waals surface area contributed by atoms with E-state index in [-0.39, 0.29) is 16.9 Å². The van der Waals surface area contributed by atoms with E-state index in [0.29, 0.717) is 11.1 Å². The third-order valence-corrected chi connectivity index (χ3v) is 3.73. The zero-order chi connectivity index (χ0) is 20.2. The van der Waals surface area contributed by atoms with Gasteiger partial charge in [0.15, 0.2) is 5.96 Å². The number of guanidine groups is 1. The first-order valence-electron chi connectivity index (χ1n) is 7.70. The van der Waals surface area contributed by atoms with E-state index in [9.17, 15) is 13.2 Å². The number of nitrogens with zero attached hydrogens (tertiary/aromatic N) is 4. The molecule has 0 saturated heterocycles. The van der Waals surface area contributed by atoms with Crippen LogP contribution in [0.2, 0.25) is 5.15 Å². The SMILES string of the molecule is NC1=NC(NN=Cc2ccc(OC(F)(F)F)cc2)(c2cccnc2Cl)N=CN1. The van der Waals surface area contributed by atoms with Crippen LogP contribution in [0.1, 0.15) is 11.1 Å². The third kappa shape index (κ3) is 4.68. The van der Waals surface area contributed by atoms with Crippen molar-refractivity contribution < 1.29 is 17.9 Å². The van der Waals surface area contributed by atoms with Gasteiger partial charge in [0.05, 0.1) is 18.1 Å². The molecule has 2 aromatic rings. The van der Waals surface area contributed by atoms with Gasteiger partial charge in [0.2, 0.25) is 0 Å². The molecule has 3 rings (SSSR count). The maximum absolute atomic E-state index is 12.2. The monoisotopic (exact) mass is 411 g/mol. The van der Waals surface area contributed by atoms with Gasteiger partial charge in [0, 0.05) is 6.20 Å². The summed E-state index contributed by atoms with van der Waals surface area (Å²) in [6.45, 7) is 0. The van der Waals surface area contributed by atoms with Crippen LogP contribution in [-0.2, 0) is 5.79 Å². The van der Waals surface area contributed by atoms with E-state index in [1.807, 2.05) is 0 Å². The molecule has 8 nitrogen and oxygen atoms in total. The molecule has 1 aliphatic heterocycles.